The zero-order valence-electron chi connectivity index (χ0n) is 13.3. The van der Waals surface area contributed by atoms with E-state index >= 15 is 0 Å². The number of carbonyl (C=O) groups is 1. The van der Waals surface area contributed by atoms with Crippen LogP contribution in [-0.2, 0) is 11.3 Å². The van der Waals surface area contributed by atoms with Crippen molar-refractivity contribution < 1.29 is 9.53 Å². The van der Waals surface area contributed by atoms with Crippen molar-refractivity contribution in [1.29, 1.82) is 0 Å². The molecule has 1 aromatic heterocycles. The fourth-order valence-corrected chi connectivity index (χ4v) is 3.06. The van der Waals surface area contributed by atoms with Crippen LogP contribution in [0, 0.1) is 0 Å². The monoisotopic (exact) mass is 420 g/mol. The SMILES string of the molecule is COc1ccc(Cl)cc1NC(=O)Cn1ccc(=O)c2ccc(Br)cc21. The summed E-state index contributed by atoms with van der Waals surface area (Å²) < 4.78 is 7.77. The van der Waals surface area contributed by atoms with E-state index in [2.05, 4.69) is 21.2 Å². The van der Waals surface area contributed by atoms with Crippen molar-refractivity contribution in [3.8, 4) is 5.75 Å². The maximum Gasteiger partial charge on any atom is 0.244 e. The molecule has 1 N–H and O–H groups in total. The fraction of sp³-hybridized carbons (Fsp3) is 0.111. The van der Waals surface area contributed by atoms with Crippen LogP contribution >= 0.6 is 27.5 Å². The third-order valence-corrected chi connectivity index (χ3v) is 4.42. The lowest BCUT2D eigenvalue weighted by Gasteiger charge is -2.13. The molecule has 2 aromatic carbocycles. The number of hydrogen-bond donors (Lipinski definition) is 1. The molecule has 0 saturated heterocycles. The highest BCUT2D eigenvalue weighted by molar-refractivity contribution is 9.10. The smallest absolute Gasteiger partial charge is 0.244 e. The highest BCUT2D eigenvalue weighted by Crippen LogP contribution is 2.27. The van der Waals surface area contributed by atoms with E-state index in [1.54, 1.807) is 41.1 Å². The second-order valence-corrected chi connectivity index (χ2v) is 6.71. The Morgan fingerprint density at radius 3 is 2.80 bits per heavy atom. The Balaban J connectivity index is 1.91. The predicted molar refractivity (Wildman–Crippen MR) is 103 cm³/mol. The summed E-state index contributed by atoms with van der Waals surface area (Å²) in [5, 5.41) is 3.83. The molecule has 0 bridgehead atoms. The highest BCUT2D eigenvalue weighted by Gasteiger charge is 2.11. The molecule has 5 nitrogen and oxygen atoms in total. The first-order valence-electron chi connectivity index (χ1n) is 7.40. The summed E-state index contributed by atoms with van der Waals surface area (Å²) in [5.74, 6) is 0.260. The van der Waals surface area contributed by atoms with Crippen LogP contribution in [0.15, 0.2) is 57.9 Å². The summed E-state index contributed by atoms with van der Waals surface area (Å²) in [6.45, 7) is 0.0445. The quantitative estimate of drug-likeness (QED) is 0.691. The van der Waals surface area contributed by atoms with Crippen molar-refractivity contribution in [2.75, 3.05) is 12.4 Å². The van der Waals surface area contributed by atoms with Crippen LogP contribution in [0.5, 0.6) is 5.75 Å². The molecule has 25 heavy (non-hydrogen) atoms. The van der Waals surface area contributed by atoms with Gasteiger partial charge in [0.2, 0.25) is 5.91 Å². The van der Waals surface area contributed by atoms with Crippen molar-refractivity contribution >= 4 is 50.0 Å². The molecule has 0 fully saturated rings. The van der Waals surface area contributed by atoms with Gasteiger partial charge in [-0.1, -0.05) is 27.5 Å². The first-order valence-corrected chi connectivity index (χ1v) is 8.57. The second kappa shape index (κ2) is 7.29. The van der Waals surface area contributed by atoms with Gasteiger partial charge in [-0.2, -0.15) is 0 Å². The summed E-state index contributed by atoms with van der Waals surface area (Å²) >= 11 is 9.37. The Labute approximate surface area is 157 Å². The topological polar surface area (TPSA) is 60.3 Å². The molecule has 128 valence electrons. The fourth-order valence-electron chi connectivity index (χ4n) is 2.54. The van der Waals surface area contributed by atoms with Crippen molar-refractivity contribution in [1.82, 2.24) is 4.57 Å². The van der Waals surface area contributed by atoms with Crippen LogP contribution in [0.1, 0.15) is 0 Å². The van der Waals surface area contributed by atoms with Crippen LogP contribution in [0.2, 0.25) is 5.02 Å². The van der Waals surface area contributed by atoms with Crippen molar-refractivity contribution in [2.45, 2.75) is 6.54 Å². The van der Waals surface area contributed by atoms with Gasteiger partial charge in [-0.3, -0.25) is 9.59 Å². The van der Waals surface area contributed by atoms with E-state index < -0.39 is 0 Å². The van der Waals surface area contributed by atoms with Crippen molar-refractivity contribution in [3.05, 3.63) is 68.4 Å². The molecule has 0 saturated carbocycles. The molecule has 0 unspecified atom stereocenters. The summed E-state index contributed by atoms with van der Waals surface area (Å²) in [4.78, 5) is 24.4. The number of methoxy groups -OCH3 is 1. The lowest BCUT2D eigenvalue weighted by atomic mass is 10.2. The Morgan fingerprint density at radius 1 is 1.24 bits per heavy atom. The number of benzene rings is 2. The van der Waals surface area contributed by atoms with Crippen LogP contribution in [0.25, 0.3) is 10.9 Å². The molecule has 0 spiro atoms. The maximum absolute atomic E-state index is 12.5. The number of fused-ring (bicyclic) bond motifs is 1. The van der Waals surface area contributed by atoms with Gasteiger partial charge in [0.15, 0.2) is 5.43 Å². The molecule has 0 aliphatic rings. The minimum atomic E-state index is -0.259. The van der Waals surface area contributed by atoms with Gasteiger partial charge >= 0.3 is 0 Å². The molecule has 0 aliphatic carbocycles. The van der Waals surface area contributed by atoms with Crippen molar-refractivity contribution in [2.24, 2.45) is 0 Å². The van der Waals surface area contributed by atoms with E-state index in [0.29, 0.717) is 27.4 Å². The highest BCUT2D eigenvalue weighted by atomic mass is 79.9. The average Bonchev–Trinajstić information content (AvgIpc) is 2.57. The van der Waals surface area contributed by atoms with E-state index in [1.807, 2.05) is 6.07 Å². The first kappa shape index (κ1) is 17.5. The molecule has 0 atom stereocenters. The van der Waals surface area contributed by atoms with E-state index in [-0.39, 0.29) is 17.9 Å². The summed E-state index contributed by atoms with van der Waals surface area (Å²) in [5.41, 5.74) is 1.08. The number of ether oxygens (including phenoxy) is 1. The standard InChI is InChI=1S/C18H14BrClN2O3/c1-25-17-5-3-12(20)9-14(17)21-18(24)10-22-7-6-16(23)13-4-2-11(19)8-15(13)22/h2-9H,10H2,1H3,(H,21,24). The van der Waals surface area contributed by atoms with E-state index in [9.17, 15) is 9.59 Å². The third kappa shape index (κ3) is 3.86. The van der Waals surface area contributed by atoms with E-state index in [1.165, 1.54) is 13.2 Å². The Hall–Kier alpha value is -2.31. The van der Waals surface area contributed by atoms with Gasteiger partial charge < -0.3 is 14.6 Å². The van der Waals surface area contributed by atoms with Gasteiger partial charge in [-0.15, -0.1) is 0 Å². The van der Waals surface area contributed by atoms with E-state index in [4.69, 9.17) is 16.3 Å². The van der Waals surface area contributed by atoms with Gasteiger partial charge in [-0.25, -0.2) is 0 Å². The lowest BCUT2D eigenvalue weighted by Crippen LogP contribution is -2.20. The second-order valence-electron chi connectivity index (χ2n) is 5.36. The van der Waals surface area contributed by atoms with Gasteiger partial charge in [0.1, 0.15) is 12.3 Å². The minimum Gasteiger partial charge on any atom is -0.495 e. The molecule has 3 aromatic rings. The molecule has 0 radical (unpaired) electrons. The van der Waals surface area contributed by atoms with Gasteiger partial charge in [0, 0.05) is 27.1 Å². The number of rotatable bonds is 4. The summed E-state index contributed by atoms with van der Waals surface area (Å²) in [6.07, 6.45) is 1.60. The molecule has 1 heterocycles. The average molecular weight is 422 g/mol. The number of nitrogens with one attached hydrogen (secondary N) is 1. The molecule has 0 aliphatic heterocycles. The minimum absolute atomic E-state index is 0.0445. The number of nitrogens with zero attached hydrogens (tertiary/aromatic N) is 1. The summed E-state index contributed by atoms with van der Waals surface area (Å²) in [7, 11) is 1.52. The molecular formula is C18H14BrClN2O3. The zero-order chi connectivity index (χ0) is 18.0. The number of carbonyl (C=O) groups excluding carboxylic acids is 1. The summed E-state index contributed by atoms with van der Waals surface area (Å²) in [6, 6.07) is 11.8. The maximum atomic E-state index is 12.5. The Bertz CT molecular complexity index is 1020. The van der Waals surface area contributed by atoms with Gasteiger partial charge in [-0.05, 0) is 36.4 Å². The largest absolute Gasteiger partial charge is 0.495 e. The Morgan fingerprint density at radius 2 is 2.04 bits per heavy atom. The number of anilines is 1. The Kier molecular flexibility index (Phi) is 5.11. The van der Waals surface area contributed by atoms with Crippen LogP contribution in [0.3, 0.4) is 0 Å². The number of halogens is 2. The number of aromatic nitrogens is 1. The van der Waals surface area contributed by atoms with Gasteiger partial charge in [0.25, 0.3) is 0 Å². The molecule has 1 amide bonds. The van der Waals surface area contributed by atoms with Crippen molar-refractivity contribution in [3.63, 3.8) is 0 Å². The lowest BCUT2D eigenvalue weighted by molar-refractivity contribution is -0.116. The zero-order valence-corrected chi connectivity index (χ0v) is 15.6. The van der Waals surface area contributed by atoms with Crippen LogP contribution < -0.4 is 15.5 Å². The number of hydrogen-bond acceptors (Lipinski definition) is 3. The van der Waals surface area contributed by atoms with Crippen LogP contribution in [0.4, 0.5) is 5.69 Å². The predicted octanol–water partition coefficient (Wildman–Crippen LogP) is 4.06. The first-order chi connectivity index (χ1) is 12.0. The normalized spacial score (nSPS) is 10.7. The van der Waals surface area contributed by atoms with Crippen LogP contribution in [-0.4, -0.2) is 17.6 Å². The third-order valence-electron chi connectivity index (χ3n) is 3.69. The molecule has 7 heteroatoms. The molecule has 3 rings (SSSR count). The van der Waals surface area contributed by atoms with Gasteiger partial charge in [0.05, 0.1) is 18.3 Å². The number of amides is 1. The molecular weight excluding hydrogens is 408 g/mol. The number of pyridine rings is 1. The van der Waals surface area contributed by atoms with E-state index in [0.717, 1.165) is 4.47 Å².